The van der Waals surface area contributed by atoms with Crippen LogP contribution >= 0.6 is 11.6 Å². The third kappa shape index (κ3) is 2.65. The van der Waals surface area contributed by atoms with E-state index in [1.54, 1.807) is 25.1 Å². The lowest BCUT2D eigenvalue weighted by Crippen LogP contribution is -2.10. The Balaban J connectivity index is 2.14. The fraction of sp³-hybridized carbons (Fsp3) is 0.154. The number of hydrogen-bond acceptors (Lipinski definition) is 3. The van der Waals surface area contributed by atoms with E-state index in [0.29, 0.717) is 17.3 Å². The number of aryl methyl sites for hydroxylation is 1. The van der Waals surface area contributed by atoms with Crippen molar-refractivity contribution >= 4 is 23.2 Å². The fourth-order valence-electron chi connectivity index (χ4n) is 1.50. The van der Waals surface area contributed by atoms with E-state index in [2.05, 4.69) is 5.32 Å². The standard InChI is InChI=1S/C13H12ClNO3/c1-8-9(7-14)6-12(18-8)13(17)15-10-2-4-11(16)5-3-10/h2-6,16H,7H2,1H3,(H,15,17). The zero-order valence-corrected chi connectivity index (χ0v) is 10.5. The summed E-state index contributed by atoms with van der Waals surface area (Å²) in [6, 6.07) is 7.81. The maximum absolute atomic E-state index is 11.9. The van der Waals surface area contributed by atoms with E-state index in [9.17, 15) is 4.79 Å². The number of rotatable bonds is 3. The molecule has 1 heterocycles. The zero-order valence-electron chi connectivity index (χ0n) is 9.74. The summed E-state index contributed by atoms with van der Waals surface area (Å²) in [5.41, 5.74) is 1.38. The monoisotopic (exact) mass is 265 g/mol. The van der Waals surface area contributed by atoms with Crippen molar-refractivity contribution in [3.63, 3.8) is 0 Å². The molecule has 94 valence electrons. The Morgan fingerprint density at radius 2 is 2.06 bits per heavy atom. The molecule has 0 aliphatic carbocycles. The molecule has 0 saturated carbocycles. The van der Waals surface area contributed by atoms with E-state index in [1.807, 2.05) is 0 Å². The number of halogens is 1. The molecule has 0 unspecified atom stereocenters. The van der Waals surface area contributed by atoms with Gasteiger partial charge in [0.05, 0.1) is 5.88 Å². The van der Waals surface area contributed by atoms with Crippen LogP contribution in [0.5, 0.6) is 5.75 Å². The molecule has 1 aromatic heterocycles. The minimum absolute atomic E-state index is 0.145. The largest absolute Gasteiger partial charge is 0.508 e. The van der Waals surface area contributed by atoms with Crippen LogP contribution in [0.25, 0.3) is 0 Å². The van der Waals surface area contributed by atoms with Crippen molar-refractivity contribution in [3.8, 4) is 5.75 Å². The molecule has 0 radical (unpaired) electrons. The van der Waals surface area contributed by atoms with Crippen LogP contribution in [0.15, 0.2) is 34.7 Å². The van der Waals surface area contributed by atoms with Gasteiger partial charge < -0.3 is 14.8 Å². The molecule has 0 spiro atoms. The number of benzene rings is 1. The predicted molar refractivity (Wildman–Crippen MR) is 69.1 cm³/mol. The number of anilines is 1. The minimum atomic E-state index is -0.347. The summed E-state index contributed by atoms with van der Waals surface area (Å²) in [4.78, 5) is 11.9. The van der Waals surface area contributed by atoms with Gasteiger partial charge in [-0.2, -0.15) is 0 Å². The third-order valence-electron chi connectivity index (χ3n) is 2.51. The average Bonchev–Trinajstić information content (AvgIpc) is 2.73. The number of carbonyl (C=O) groups excluding carboxylic acids is 1. The topological polar surface area (TPSA) is 62.5 Å². The van der Waals surface area contributed by atoms with Gasteiger partial charge in [-0.3, -0.25) is 4.79 Å². The highest BCUT2D eigenvalue weighted by atomic mass is 35.5. The number of amides is 1. The number of phenols is 1. The van der Waals surface area contributed by atoms with Crippen LogP contribution in [0.1, 0.15) is 21.9 Å². The van der Waals surface area contributed by atoms with E-state index < -0.39 is 0 Å². The Kier molecular flexibility index (Phi) is 3.58. The molecule has 4 nitrogen and oxygen atoms in total. The van der Waals surface area contributed by atoms with Gasteiger partial charge in [0.25, 0.3) is 5.91 Å². The van der Waals surface area contributed by atoms with Crippen molar-refractivity contribution in [2.75, 3.05) is 5.32 Å². The molecular weight excluding hydrogens is 254 g/mol. The van der Waals surface area contributed by atoms with Crippen LogP contribution in [0.2, 0.25) is 0 Å². The first-order valence-electron chi connectivity index (χ1n) is 5.36. The van der Waals surface area contributed by atoms with Crippen LogP contribution in [-0.4, -0.2) is 11.0 Å². The third-order valence-corrected chi connectivity index (χ3v) is 2.80. The molecule has 1 amide bonds. The summed E-state index contributed by atoms with van der Waals surface area (Å²) < 4.78 is 5.32. The molecule has 0 bridgehead atoms. The van der Waals surface area contributed by atoms with Crippen molar-refractivity contribution in [3.05, 3.63) is 47.4 Å². The van der Waals surface area contributed by atoms with Crippen LogP contribution < -0.4 is 5.32 Å². The van der Waals surface area contributed by atoms with Gasteiger partial charge in [-0.15, -0.1) is 11.6 Å². The van der Waals surface area contributed by atoms with E-state index >= 15 is 0 Å². The quantitative estimate of drug-likeness (QED) is 0.661. The van der Waals surface area contributed by atoms with Crippen molar-refractivity contribution in [1.29, 1.82) is 0 Å². The Morgan fingerprint density at radius 1 is 1.39 bits per heavy atom. The Bertz CT molecular complexity index is 560. The van der Waals surface area contributed by atoms with Gasteiger partial charge in [0.15, 0.2) is 5.76 Å². The number of carbonyl (C=O) groups is 1. The zero-order chi connectivity index (χ0) is 13.1. The molecule has 2 aromatic rings. The van der Waals surface area contributed by atoms with Gasteiger partial charge in [0.2, 0.25) is 0 Å². The van der Waals surface area contributed by atoms with Crippen LogP contribution in [-0.2, 0) is 5.88 Å². The number of hydrogen-bond donors (Lipinski definition) is 2. The maximum atomic E-state index is 11.9. The summed E-state index contributed by atoms with van der Waals surface area (Å²) in [6.07, 6.45) is 0. The molecule has 1 aromatic carbocycles. The van der Waals surface area contributed by atoms with Gasteiger partial charge in [-0.1, -0.05) is 0 Å². The van der Waals surface area contributed by atoms with Gasteiger partial charge in [-0.05, 0) is 37.3 Å². The fourth-order valence-corrected chi connectivity index (χ4v) is 1.77. The Labute approximate surface area is 109 Å². The number of aromatic hydroxyl groups is 1. The van der Waals surface area contributed by atoms with Gasteiger partial charge >= 0.3 is 0 Å². The summed E-state index contributed by atoms with van der Waals surface area (Å²) in [5, 5.41) is 11.8. The first-order chi connectivity index (χ1) is 8.60. The van der Waals surface area contributed by atoms with Crippen LogP contribution in [0, 0.1) is 6.92 Å². The SMILES string of the molecule is Cc1oc(C(=O)Nc2ccc(O)cc2)cc1CCl. The Hall–Kier alpha value is -1.94. The number of alkyl halides is 1. The van der Waals surface area contributed by atoms with Crippen molar-refractivity contribution < 1.29 is 14.3 Å². The number of nitrogens with one attached hydrogen (secondary N) is 1. The van der Waals surface area contributed by atoms with Crippen LogP contribution in [0.4, 0.5) is 5.69 Å². The number of furan rings is 1. The lowest BCUT2D eigenvalue weighted by Gasteiger charge is -2.02. The first-order valence-corrected chi connectivity index (χ1v) is 5.89. The molecule has 18 heavy (non-hydrogen) atoms. The maximum Gasteiger partial charge on any atom is 0.291 e. The summed E-state index contributed by atoms with van der Waals surface area (Å²) in [5.74, 6) is 0.963. The lowest BCUT2D eigenvalue weighted by molar-refractivity contribution is 0.0995. The lowest BCUT2D eigenvalue weighted by atomic mass is 10.2. The average molecular weight is 266 g/mol. The Morgan fingerprint density at radius 3 is 2.61 bits per heavy atom. The highest BCUT2D eigenvalue weighted by molar-refractivity contribution is 6.17. The normalized spacial score (nSPS) is 10.3. The van der Waals surface area contributed by atoms with Gasteiger partial charge in [0.1, 0.15) is 11.5 Å². The molecular formula is C13H12ClNO3. The second kappa shape index (κ2) is 5.14. The molecule has 0 atom stereocenters. The smallest absolute Gasteiger partial charge is 0.291 e. The highest BCUT2D eigenvalue weighted by Crippen LogP contribution is 2.19. The first kappa shape index (κ1) is 12.5. The predicted octanol–water partition coefficient (Wildman–Crippen LogP) is 3.28. The highest BCUT2D eigenvalue weighted by Gasteiger charge is 2.14. The molecule has 0 aliphatic rings. The van der Waals surface area contributed by atoms with Gasteiger partial charge in [0, 0.05) is 11.3 Å². The summed E-state index contributed by atoms with van der Waals surface area (Å²) >= 11 is 5.71. The second-order valence-corrected chi connectivity index (χ2v) is 4.09. The van der Waals surface area contributed by atoms with E-state index in [0.717, 1.165) is 5.56 Å². The van der Waals surface area contributed by atoms with Crippen molar-refractivity contribution in [1.82, 2.24) is 0 Å². The molecule has 0 fully saturated rings. The molecule has 2 N–H and O–H groups in total. The minimum Gasteiger partial charge on any atom is -0.508 e. The van der Waals surface area contributed by atoms with Crippen molar-refractivity contribution in [2.24, 2.45) is 0 Å². The molecule has 0 saturated heterocycles. The molecule has 2 rings (SSSR count). The van der Waals surface area contributed by atoms with Crippen LogP contribution in [0.3, 0.4) is 0 Å². The molecule has 5 heteroatoms. The van der Waals surface area contributed by atoms with Crippen molar-refractivity contribution in [2.45, 2.75) is 12.8 Å². The second-order valence-electron chi connectivity index (χ2n) is 3.83. The van der Waals surface area contributed by atoms with Gasteiger partial charge in [-0.25, -0.2) is 0 Å². The molecule has 0 aliphatic heterocycles. The van der Waals surface area contributed by atoms with E-state index in [-0.39, 0.29) is 17.4 Å². The number of phenolic OH excluding ortho intramolecular Hbond substituents is 1. The summed E-state index contributed by atoms with van der Waals surface area (Å²) in [7, 11) is 0. The van der Waals surface area contributed by atoms with E-state index in [4.69, 9.17) is 21.1 Å². The summed E-state index contributed by atoms with van der Waals surface area (Å²) in [6.45, 7) is 1.76. The van der Waals surface area contributed by atoms with E-state index in [1.165, 1.54) is 12.1 Å².